The lowest BCUT2D eigenvalue weighted by Crippen LogP contribution is -2.21. The highest BCUT2D eigenvalue weighted by Gasteiger charge is 2.30. The summed E-state index contributed by atoms with van der Waals surface area (Å²) in [6.45, 7) is 4.72. The Morgan fingerprint density at radius 3 is 2.56 bits per heavy atom. The third kappa shape index (κ3) is 5.32. The van der Waals surface area contributed by atoms with E-state index in [1.54, 1.807) is 0 Å². The third-order valence-corrected chi connectivity index (χ3v) is 3.22. The molecule has 0 aliphatic rings. The van der Waals surface area contributed by atoms with Crippen LogP contribution in [0.25, 0.3) is 0 Å². The van der Waals surface area contributed by atoms with Crippen LogP contribution in [0, 0.1) is 0 Å². The molecule has 0 bridgehead atoms. The maximum absolute atomic E-state index is 12.3. The Hall–Kier alpha value is -0.660. The van der Waals surface area contributed by atoms with Crippen molar-refractivity contribution >= 4 is 11.3 Å². The zero-order valence-electron chi connectivity index (χ0n) is 10.6. The molecule has 1 N–H and O–H groups in total. The van der Waals surface area contributed by atoms with Gasteiger partial charge in [-0.2, -0.15) is 13.2 Å². The van der Waals surface area contributed by atoms with Crippen LogP contribution in [0.3, 0.4) is 0 Å². The van der Waals surface area contributed by atoms with Gasteiger partial charge in [0, 0.05) is 24.6 Å². The molecule has 0 amide bonds. The summed E-state index contributed by atoms with van der Waals surface area (Å²) in [6.07, 6.45) is -5.19. The minimum absolute atomic E-state index is 0.0927. The van der Waals surface area contributed by atoms with Gasteiger partial charge < -0.3 is 10.1 Å². The van der Waals surface area contributed by atoms with Gasteiger partial charge in [-0.25, -0.2) is 4.98 Å². The van der Waals surface area contributed by atoms with Crippen molar-refractivity contribution in [3.05, 3.63) is 15.6 Å². The van der Waals surface area contributed by atoms with Crippen molar-refractivity contribution in [2.24, 2.45) is 0 Å². The number of ether oxygens (including phenoxy) is 1. The molecule has 0 radical (unpaired) electrons. The van der Waals surface area contributed by atoms with Gasteiger partial charge in [0.15, 0.2) is 0 Å². The second-order valence-electron chi connectivity index (χ2n) is 4.24. The fourth-order valence-corrected chi connectivity index (χ4v) is 2.42. The summed E-state index contributed by atoms with van der Waals surface area (Å²) in [6, 6.07) is 0.272. The van der Waals surface area contributed by atoms with Crippen LogP contribution >= 0.6 is 11.3 Å². The Balaban J connectivity index is 2.79. The van der Waals surface area contributed by atoms with E-state index in [1.807, 2.05) is 13.8 Å². The first kappa shape index (κ1) is 15.4. The van der Waals surface area contributed by atoms with Crippen molar-refractivity contribution in [1.82, 2.24) is 10.3 Å². The highest BCUT2D eigenvalue weighted by Crippen LogP contribution is 2.27. The summed E-state index contributed by atoms with van der Waals surface area (Å²) in [7, 11) is 1.50. The minimum Gasteiger partial charge on any atom is -0.378 e. The van der Waals surface area contributed by atoms with Gasteiger partial charge in [0.1, 0.15) is 5.01 Å². The molecule has 1 aromatic rings. The third-order valence-electron chi connectivity index (χ3n) is 2.13. The number of hydrogen-bond acceptors (Lipinski definition) is 4. The summed E-state index contributed by atoms with van der Waals surface area (Å²) in [5.74, 6) is 0. The zero-order chi connectivity index (χ0) is 13.8. The molecule has 0 aliphatic carbocycles. The molecule has 0 spiro atoms. The van der Waals surface area contributed by atoms with Crippen molar-refractivity contribution in [3.8, 4) is 0 Å². The molecule has 0 aliphatic heterocycles. The largest absolute Gasteiger partial charge is 0.395 e. The molecule has 0 saturated carbocycles. The molecule has 18 heavy (non-hydrogen) atoms. The molecular formula is C11H17F3N2OS. The Bertz CT molecular complexity index is 377. The van der Waals surface area contributed by atoms with E-state index in [0.29, 0.717) is 12.2 Å². The number of thiazole rings is 1. The van der Waals surface area contributed by atoms with Crippen LogP contribution in [-0.2, 0) is 24.3 Å². The maximum atomic E-state index is 12.3. The van der Waals surface area contributed by atoms with E-state index in [9.17, 15) is 13.2 Å². The van der Waals surface area contributed by atoms with Crippen LogP contribution in [0.2, 0.25) is 0 Å². The predicted octanol–water partition coefficient (Wildman–Crippen LogP) is 2.89. The molecule has 104 valence electrons. The molecule has 1 heterocycles. The zero-order valence-corrected chi connectivity index (χ0v) is 11.4. The van der Waals surface area contributed by atoms with E-state index >= 15 is 0 Å². The number of nitrogens with zero attached hydrogens (tertiary/aromatic N) is 1. The van der Waals surface area contributed by atoms with E-state index in [0.717, 1.165) is 16.2 Å². The fourth-order valence-electron chi connectivity index (χ4n) is 1.37. The number of rotatable bonds is 6. The Labute approximate surface area is 108 Å². The monoisotopic (exact) mass is 282 g/mol. The lowest BCUT2D eigenvalue weighted by molar-refractivity contribution is -0.127. The van der Waals surface area contributed by atoms with Gasteiger partial charge >= 0.3 is 6.18 Å². The lowest BCUT2D eigenvalue weighted by atomic mass is 10.3. The molecular weight excluding hydrogens is 265 g/mol. The first-order valence-electron chi connectivity index (χ1n) is 5.58. The molecule has 3 nitrogen and oxygen atoms in total. The first-order chi connectivity index (χ1) is 8.31. The Kier molecular flexibility index (Phi) is 5.55. The number of methoxy groups -OCH3 is 1. The lowest BCUT2D eigenvalue weighted by Gasteiger charge is -2.07. The van der Waals surface area contributed by atoms with Crippen molar-refractivity contribution in [1.29, 1.82) is 0 Å². The van der Waals surface area contributed by atoms with E-state index in [-0.39, 0.29) is 17.7 Å². The first-order valence-corrected chi connectivity index (χ1v) is 6.40. The summed E-state index contributed by atoms with van der Waals surface area (Å²) in [5, 5.41) is 3.26. The van der Waals surface area contributed by atoms with Gasteiger partial charge in [-0.1, -0.05) is 13.8 Å². The molecule has 0 atom stereocenters. The summed E-state index contributed by atoms with van der Waals surface area (Å²) in [5.41, 5.74) is 0.592. The quantitative estimate of drug-likeness (QED) is 0.871. The van der Waals surface area contributed by atoms with E-state index in [1.165, 1.54) is 7.11 Å². The maximum Gasteiger partial charge on any atom is 0.395 e. The molecule has 0 saturated heterocycles. The number of hydrogen-bond donors (Lipinski definition) is 1. The molecule has 0 aromatic carbocycles. The van der Waals surface area contributed by atoms with E-state index < -0.39 is 12.6 Å². The standard InChI is InChI=1S/C11H17F3N2OS/c1-7(2)15-5-9-8(6-17-3)16-10(18-9)4-11(12,13)14/h7,15H,4-6H2,1-3H3. The fraction of sp³-hybridized carbons (Fsp3) is 0.727. The van der Waals surface area contributed by atoms with Gasteiger partial charge in [-0.05, 0) is 0 Å². The topological polar surface area (TPSA) is 34.1 Å². The van der Waals surface area contributed by atoms with Crippen LogP contribution in [0.1, 0.15) is 29.4 Å². The smallest absolute Gasteiger partial charge is 0.378 e. The van der Waals surface area contributed by atoms with Crippen LogP contribution in [-0.4, -0.2) is 24.3 Å². The van der Waals surface area contributed by atoms with Gasteiger partial charge in [-0.3, -0.25) is 0 Å². The number of halogens is 3. The Morgan fingerprint density at radius 1 is 1.39 bits per heavy atom. The van der Waals surface area contributed by atoms with Crippen LogP contribution in [0.5, 0.6) is 0 Å². The molecule has 0 fully saturated rings. The number of aromatic nitrogens is 1. The van der Waals surface area contributed by atoms with Gasteiger partial charge in [0.25, 0.3) is 0 Å². The highest BCUT2D eigenvalue weighted by molar-refractivity contribution is 7.11. The van der Waals surface area contributed by atoms with E-state index in [2.05, 4.69) is 10.3 Å². The summed E-state index contributed by atoms with van der Waals surface area (Å²) >= 11 is 1.09. The molecule has 0 unspecified atom stereocenters. The van der Waals surface area contributed by atoms with Crippen LogP contribution in [0.15, 0.2) is 0 Å². The second-order valence-corrected chi connectivity index (χ2v) is 5.41. The molecule has 1 rings (SSSR count). The highest BCUT2D eigenvalue weighted by atomic mass is 32.1. The number of nitrogens with one attached hydrogen (secondary N) is 1. The van der Waals surface area contributed by atoms with Gasteiger partial charge in [0.05, 0.1) is 18.7 Å². The van der Waals surface area contributed by atoms with Crippen LogP contribution < -0.4 is 5.32 Å². The minimum atomic E-state index is -4.22. The van der Waals surface area contributed by atoms with Gasteiger partial charge in [-0.15, -0.1) is 11.3 Å². The number of alkyl halides is 3. The SMILES string of the molecule is COCc1nc(CC(F)(F)F)sc1CNC(C)C. The van der Waals surface area contributed by atoms with Crippen molar-refractivity contribution in [2.45, 2.75) is 45.6 Å². The van der Waals surface area contributed by atoms with Crippen molar-refractivity contribution in [2.75, 3.05) is 7.11 Å². The Morgan fingerprint density at radius 2 is 2.06 bits per heavy atom. The van der Waals surface area contributed by atoms with Crippen LogP contribution in [0.4, 0.5) is 13.2 Å². The molecule has 7 heteroatoms. The summed E-state index contributed by atoms with van der Waals surface area (Å²) < 4.78 is 41.9. The predicted molar refractivity (Wildman–Crippen MR) is 64.6 cm³/mol. The van der Waals surface area contributed by atoms with Crippen molar-refractivity contribution < 1.29 is 17.9 Å². The normalized spacial score (nSPS) is 12.4. The average Bonchev–Trinajstić information content (AvgIpc) is 2.55. The van der Waals surface area contributed by atoms with E-state index in [4.69, 9.17) is 4.74 Å². The molecule has 1 aromatic heterocycles. The summed E-state index contributed by atoms with van der Waals surface area (Å²) in [4.78, 5) is 4.81. The average molecular weight is 282 g/mol. The van der Waals surface area contributed by atoms with Crippen molar-refractivity contribution in [3.63, 3.8) is 0 Å². The second kappa shape index (κ2) is 6.49. The van der Waals surface area contributed by atoms with Gasteiger partial charge in [0.2, 0.25) is 0 Å².